The number of hydrogen-bond acceptors (Lipinski definition) is 3. The monoisotopic (exact) mass is 311 g/mol. The first-order valence-electron chi connectivity index (χ1n) is 8.22. The fourth-order valence-corrected chi connectivity index (χ4v) is 4.13. The van der Waals surface area contributed by atoms with Crippen molar-refractivity contribution in [3.8, 4) is 11.3 Å². The van der Waals surface area contributed by atoms with Crippen molar-refractivity contribution in [3.05, 3.63) is 65.6 Å². The van der Waals surface area contributed by atoms with E-state index in [4.69, 9.17) is 4.98 Å². The van der Waals surface area contributed by atoms with Crippen LogP contribution in [-0.4, -0.2) is 15.0 Å². The van der Waals surface area contributed by atoms with Crippen LogP contribution in [0.2, 0.25) is 0 Å². The third-order valence-electron chi connectivity index (χ3n) is 5.19. The second-order valence-corrected chi connectivity index (χ2v) is 7.11. The highest BCUT2D eigenvalue weighted by molar-refractivity contribution is 6.04. The summed E-state index contributed by atoms with van der Waals surface area (Å²) in [7, 11) is 0. The molecule has 3 heteroatoms. The van der Waals surface area contributed by atoms with Gasteiger partial charge in [0, 0.05) is 40.5 Å². The lowest BCUT2D eigenvalue weighted by Gasteiger charge is -2.35. The quantitative estimate of drug-likeness (QED) is 0.468. The van der Waals surface area contributed by atoms with Crippen LogP contribution in [0.3, 0.4) is 0 Å². The molecule has 3 heterocycles. The first-order chi connectivity index (χ1) is 11.6. The largest absolute Gasteiger partial charge is 0.256 e. The van der Waals surface area contributed by atoms with Gasteiger partial charge in [0.2, 0.25) is 0 Å². The van der Waals surface area contributed by atoms with Crippen LogP contribution in [0.5, 0.6) is 0 Å². The summed E-state index contributed by atoms with van der Waals surface area (Å²) in [6, 6.07) is 10.6. The molecule has 0 N–H and O–H groups in total. The molecule has 0 radical (unpaired) electrons. The predicted molar refractivity (Wildman–Crippen MR) is 97.1 cm³/mol. The van der Waals surface area contributed by atoms with E-state index >= 15 is 0 Å². The number of hydrogen-bond donors (Lipinski definition) is 0. The van der Waals surface area contributed by atoms with E-state index in [0.717, 1.165) is 22.3 Å². The Morgan fingerprint density at radius 2 is 1.83 bits per heavy atom. The number of pyridine rings is 3. The number of aromatic nitrogens is 3. The summed E-state index contributed by atoms with van der Waals surface area (Å²) in [6.07, 6.45) is 5.71. The van der Waals surface area contributed by atoms with Gasteiger partial charge < -0.3 is 0 Å². The van der Waals surface area contributed by atoms with E-state index in [-0.39, 0.29) is 5.41 Å². The van der Waals surface area contributed by atoms with E-state index < -0.39 is 0 Å². The fourth-order valence-electron chi connectivity index (χ4n) is 4.13. The van der Waals surface area contributed by atoms with Crippen LogP contribution in [0, 0.1) is 6.92 Å². The lowest BCUT2D eigenvalue weighted by atomic mass is 9.69. The van der Waals surface area contributed by atoms with Gasteiger partial charge in [-0.1, -0.05) is 31.5 Å². The highest BCUT2D eigenvalue weighted by atomic mass is 14.8. The van der Waals surface area contributed by atoms with E-state index in [9.17, 15) is 0 Å². The lowest BCUT2D eigenvalue weighted by Crippen LogP contribution is -2.25. The molecule has 5 rings (SSSR count). The topological polar surface area (TPSA) is 38.7 Å². The third-order valence-corrected chi connectivity index (χ3v) is 5.19. The van der Waals surface area contributed by atoms with Gasteiger partial charge in [0.1, 0.15) is 0 Å². The minimum atomic E-state index is -0.148. The zero-order chi connectivity index (χ0) is 16.5. The predicted octanol–water partition coefficient (Wildman–Crippen LogP) is 4.79. The molecule has 0 unspecified atom stereocenters. The van der Waals surface area contributed by atoms with Crippen LogP contribution in [0.25, 0.3) is 33.1 Å². The van der Waals surface area contributed by atoms with Crippen molar-refractivity contribution in [1.29, 1.82) is 0 Å². The average Bonchev–Trinajstić information content (AvgIpc) is 2.58. The maximum atomic E-state index is 4.71. The van der Waals surface area contributed by atoms with E-state index in [1.807, 2.05) is 30.7 Å². The number of fused-ring (bicyclic) bond motifs is 4. The molecule has 0 fully saturated rings. The Kier molecular flexibility index (Phi) is 2.49. The molecule has 1 aliphatic carbocycles. The summed E-state index contributed by atoms with van der Waals surface area (Å²) in [5.74, 6) is 0. The molecular weight excluding hydrogens is 294 g/mol. The molecule has 0 aliphatic heterocycles. The molecule has 0 saturated carbocycles. The molecule has 116 valence electrons. The Hall–Kier alpha value is -2.81. The number of benzene rings is 1. The summed E-state index contributed by atoms with van der Waals surface area (Å²) in [4.78, 5) is 14.0. The molecule has 3 aromatic heterocycles. The number of rotatable bonds is 0. The van der Waals surface area contributed by atoms with Gasteiger partial charge in [0.25, 0.3) is 0 Å². The van der Waals surface area contributed by atoms with E-state index in [1.54, 1.807) is 0 Å². The van der Waals surface area contributed by atoms with Gasteiger partial charge in [-0.2, -0.15) is 0 Å². The highest BCUT2D eigenvalue weighted by Gasteiger charge is 2.36. The molecule has 0 spiro atoms. The van der Waals surface area contributed by atoms with Gasteiger partial charge in [0.05, 0.1) is 16.7 Å². The molecule has 24 heavy (non-hydrogen) atoms. The molecule has 1 aromatic carbocycles. The second kappa shape index (κ2) is 4.38. The van der Waals surface area contributed by atoms with Crippen LogP contribution in [-0.2, 0) is 5.41 Å². The van der Waals surface area contributed by atoms with Gasteiger partial charge in [-0.05, 0) is 36.1 Å². The SMILES string of the molecule is Cc1cc2c3c(nccc3c1)-c1cnc3cccnc3c1C2(C)C. The molecule has 0 amide bonds. The zero-order valence-electron chi connectivity index (χ0n) is 14.0. The average molecular weight is 311 g/mol. The Balaban J connectivity index is 2.06. The van der Waals surface area contributed by atoms with Crippen molar-refractivity contribution in [2.45, 2.75) is 26.2 Å². The Labute approximate surface area is 140 Å². The smallest absolute Gasteiger partial charge is 0.0934 e. The second-order valence-electron chi connectivity index (χ2n) is 7.11. The lowest BCUT2D eigenvalue weighted by molar-refractivity contribution is 0.647. The van der Waals surface area contributed by atoms with Crippen LogP contribution in [0.4, 0.5) is 0 Å². The molecule has 1 aliphatic rings. The summed E-state index contributed by atoms with van der Waals surface area (Å²) in [6.45, 7) is 6.72. The first kappa shape index (κ1) is 13.6. The van der Waals surface area contributed by atoms with Gasteiger partial charge in [0.15, 0.2) is 0 Å². The molecule has 3 nitrogen and oxygen atoms in total. The van der Waals surface area contributed by atoms with Crippen molar-refractivity contribution in [3.63, 3.8) is 0 Å². The van der Waals surface area contributed by atoms with Gasteiger partial charge in [-0.25, -0.2) is 0 Å². The van der Waals surface area contributed by atoms with Crippen LogP contribution in [0.15, 0.2) is 48.9 Å². The van der Waals surface area contributed by atoms with E-state index in [2.05, 4.69) is 48.9 Å². The maximum Gasteiger partial charge on any atom is 0.0934 e. The molecule has 0 atom stereocenters. The maximum absolute atomic E-state index is 4.71. The minimum Gasteiger partial charge on any atom is -0.256 e. The molecule has 4 aromatic rings. The summed E-state index contributed by atoms with van der Waals surface area (Å²) in [5.41, 5.74) is 7.73. The van der Waals surface area contributed by atoms with Gasteiger partial charge >= 0.3 is 0 Å². The van der Waals surface area contributed by atoms with Crippen LogP contribution in [0.1, 0.15) is 30.5 Å². The summed E-state index contributed by atoms with van der Waals surface area (Å²) >= 11 is 0. The summed E-state index contributed by atoms with van der Waals surface area (Å²) in [5, 5.41) is 2.49. The van der Waals surface area contributed by atoms with Crippen LogP contribution >= 0.6 is 0 Å². The molecule has 0 bridgehead atoms. The fraction of sp³-hybridized carbons (Fsp3) is 0.190. The van der Waals surface area contributed by atoms with Crippen molar-refractivity contribution >= 4 is 21.8 Å². The van der Waals surface area contributed by atoms with Crippen molar-refractivity contribution in [2.75, 3.05) is 0 Å². The first-order valence-corrected chi connectivity index (χ1v) is 8.22. The Morgan fingerprint density at radius 1 is 0.958 bits per heavy atom. The Bertz CT molecular complexity index is 1140. The van der Waals surface area contributed by atoms with E-state index in [1.165, 1.54) is 27.5 Å². The highest BCUT2D eigenvalue weighted by Crippen LogP contribution is 2.49. The molecular formula is C21H17N3. The number of aryl methyl sites for hydroxylation is 1. The zero-order valence-corrected chi connectivity index (χ0v) is 14.0. The summed E-state index contributed by atoms with van der Waals surface area (Å²) < 4.78 is 0. The van der Waals surface area contributed by atoms with Gasteiger partial charge in [-0.3, -0.25) is 15.0 Å². The molecule has 0 saturated heterocycles. The van der Waals surface area contributed by atoms with Crippen molar-refractivity contribution in [2.24, 2.45) is 0 Å². The van der Waals surface area contributed by atoms with Crippen molar-refractivity contribution < 1.29 is 0 Å². The standard InChI is InChI=1S/C21H17N3/c1-12-9-13-6-8-23-19-14-11-24-16-5-4-7-22-20(16)18(14)21(2,3)15(10-12)17(13)19/h4-11H,1-3H3. The van der Waals surface area contributed by atoms with Crippen LogP contribution < -0.4 is 0 Å². The van der Waals surface area contributed by atoms with E-state index in [0.29, 0.717) is 0 Å². The minimum absolute atomic E-state index is 0.148. The number of nitrogens with zero attached hydrogens (tertiary/aromatic N) is 3. The van der Waals surface area contributed by atoms with Crippen molar-refractivity contribution in [1.82, 2.24) is 15.0 Å². The van der Waals surface area contributed by atoms with Gasteiger partial charge in [-0.15, -0.1) is 0 Å². The normalized spacial score (nSPS) is 14.8. The Morgan fingerprint density at radius 3 is 2.71 bits per heavy atom. The third kappa shape index (κ3) is 1.59.